The second-order valence-corrected chi connectivity index (χ2v) is 6.44. The first-order valence-corrected chi connectivity index (χ1v) is 7.21. The van der Waals surface area contributed by atoms with E-state index in [1.165, 1.54) is 24.3 Å². The van der Waals surface area contributed by atoms with E-state index in [0.29, 0.717) is 12.0 Å². The molecule has 1 rings (SSSR count). The van der Waals surface area contributed by atoms with E-state index in [4.69, 9.17) is 5.11 Å². The fourth-order valence-corrected chi connectivity index (χ4v) is 3.07. The van der Waals surface area contributed by atoms with Crippen LogP contribution >= 0.6 is 11.8 Å². The molecule has 0 spiro atoms. The maximum Gasteiger partial charge on any atom is 0.0431 e. The first-order chi connectivity index (χ1) is 7.14. The molecule has 1 aliphatic rings. The summed E-state index contributed by atoms with van der Waals surface area (Å²) in [7, 11) is 0. The molecule has 0 amide bonds. The van der Waals surface area contributed by atoms with Gasteiger partial charge in [-0.2, -0.15) is 11.8 Å². The Morgan fingerprint density at radius 2 is 2.27 bits per heavy atom. The van der Waals surface area contributed by atoms with Crippen molar-refractivity contribution in [2.24, 2.45) is 5.41 Å². The molecule has 0 bridgehead atoms. The number of thioether (sulfide) groups is 1. The Kier molecular flexibility index (Phi) is 6.02. The molecule has 1 unspecified atom stereocenters. The molecule has 2 N–H and O–H groups in total. The number of rotatable bonds is 6. The van der Waals surface area contributed by atoms with Gasteiger partial charge in [0.15, 0.2) is 0 Å². The molecule has 3 heteroatoms. The Bertz CT molecular complexity index is 167. The van der Waals surface area contributed by atoms with Gasteiger partial charge in [-0.1, -0.05) is 13.8 Å². The van der Waals surface area contributed by atoms with Crippen LogP contribution in [-0.4, -0.2) is 35.8 Å². The molecule has 15 heavy (non-hydrogen) atoms. The van der Waals surface area contributed by atoms with Crippen molar-refractivity contribution >= 4 is 11.8 Å². The molecule has 0 aliphatic carbocycles. The van der Waals surface area contributed by atoms with Gasteiger partial charge in [0, 0.05) is 24.9 Å². The van der Waals surface area contributed by atoms with Crippen LogP contribution in [-0.2, 0) is 0 Å². The van der Waals surface area contributed by atoms with Gasteiger partial charge in [-0.05, 0) is 36.9 Å². The van der Waals surface area contributed by atoms with Crippen molar-refractivity contribution in [3.05, 3.63) is 0 Å². The Hall–Kier alpha value is 0.270. The van der Waals surface area contributed by atoms with E-state index in [-0.39, 0.29) is 0 Å². The number of hydrogen-bond acceptors (Lipinski definition) is 3. The molecule has 1 saturated heterocycles. The van der Waals surface area contributed by atoms with Crippen LogP contribution in [0.2, 0.25) is 0 Å². The highest BCUT2D eigenvalue weighted by Gasteiger charge is 2.20. The van der Waals surface area contributed by atoms with Crippen LogP contribution in [0.3, 0.4) is 0 Å². The van der Waals surface area contributed by atoms with E-state index in [1.807, 2.05) is 0 Å². The van der Waals surface area contributed by atoms with E-state index in [0.717, 1.165) is 25.4 Å². The van der Waals surface area contributed by atoms with Gasteiger partial charge in [-0.3, -0.25) is 0 Å². The van der Waals surface area contributed by atoms with Crippen LogP contribution in [0.4, 0.5) is 0 Å². The lowest BCUT2D eigenvalue weighted by Crippen LogP contribution is -2.40. The summed E-state index contributed by atoms with van der Waals surface area (Å²) in [5.41, 5.74) is 0.324. The van der Waals surface area contributed by atoms with Gasteiger partial charge in [-0.25, -0.2) is 0 Å². The minimum atomic E-state index is 0.322. The Balaban J connectivity index is 2.15. The highest BCUT2D eigenvalue weighted by molar-refractivity contribution is 7.99. The molecule has 0 radical (unpaired) electrons. The van der Waals surface area contributed by atoms with Crippen molar-refractivity contribution in [2.75, 3.05) is 24.7 Å². The maximum absolute atomic E-state index is 8.82. The number of aliphatic hydroxyl groups is 1. The summed E-state index contributed by atoms with van der Waals surface area (Å²) in [4.78, 5) is 0. The monoisotopic (exact) mass is 231 g/mol. The van der Waals surface area contributed by atoms with Gasteiger partial charge in [0.1, 0.15) is 0 Å². The first kappa shape index (κ1) is 13.3. The lowest BCUT2D eigenvalue weighted by molar-refractivity contribution is 0.232. The molecule has 1 atom stereocenters. The zero-order valence-corrected chi connectivity index (χ0v) is 10.9. The van der Waals surface area contributed by atoms with Gasteiger partial charge >= 0.3 is 0 Å². The van der Waals surface area contributed by atoms with Crippen molar-refractivity contribution < 1.29 is 5.11 Å². The van der Waals surface area contributed by atoms with E-state index in [9.17, 15) is 0 Å². The zero-order chi connectivity index (χ0) is 11.1. The van der Waals surface area contributed by atoms with Crippen LogP contribution in [0.5, 0.6) is 0 Å². The topological polar surface area (TPSA) is 32.3 Å². The van der Waals surface area contributed by atoms with E-state index < -0.39 is 0 Å². The molecule has 1 heterocycles. The van der Waals surface area contributed by atoms with E-state index >= 15 is 0 Å². The quantitative estimate of drug-likeness (QED) is 0.735. The van der Waals surface area contributed by atoms with Crippen molar-refractivity contribution in [3.63, 3.8) is 0 Å². The summed E-state index contributed by atoms with van der Waals surface area (Å²) in [6.07, 6.45) is 4.73. The number of hydrogen-bond donors (Lipinski definition) is 2. The second-order valence-electron chi connectivity index (χ2n) is 5.29. The van der Waals surface area contributed by atoms with Crippen LogP contribution in [0.15, 0.2) is 0 Å². The molecule has 1 aliphatic heterocycles. The largest absolute Gasteiger partial charge is 0.396 e. The fraction of sp³-hybridized carbons (Fsp3) is 1.00. The SMILES string of the molecule is CC(C)(CCCO)CNC1CCCSC1. The summed E-state index contributed by atoms with van der Waals surface area (Å²) in [5.74, 6) is 2.61. The maximum atomic E-state index is 8.82. The van der Waals surface area contributed by atoms with Gasteiger partial charge in [0.25, 0.3) is 0 Å². The lowest BCUT2D eigenvalue weighted by atomic mass is 9.87. The predicted octanol–water partition coefficient (Wildman–Crippen LogP) is 2.27. The number of aliphatic hydroxyl groups excluding tert-OH is 1. The Morgan fingerprint density at radius 1 is 1.47 bits per heavy atom. The van der Waals surface area contributed by atoms with Crippen LogP contribution in [0.1, 0.15) is 39.5 Å². The normalized spacial score (nSPS) is 23.0. The summed E-state index contributed by atoms with van der Waals surface area (Å²) >= 11 is 2.07. The van der Waals surface area contributed by atoms with Crippen molar-refractivity contribution in [1.82, 2.24) is 5.32 Å². The molecule has 0 saturated carbocycles. The third-order valence-electron chi connectivity index (χ3n) is 3.04. The van der Waals surface area contributed by atoms with Gasteiger partial charge in [0.05, 0.1) is 0 Å². The van der Waals surface area contributed by atoms with E-state index in [1.54, 1.807) is 0 Å². The predicted molar refractivity (Wildman–Crippen MR) is 68.5 cm³/mol. The number of nitrogens with one attached hydrogen (secondary N) is 1. The zero-order valence-electron chi connectivity index (χ0n) is 10.1. The molecular weight excluding hydrogens is 206 g/mol. The van der Waals surface area contributed by atoms with Crippen molar-refractivity contribution in [2.45, 2.75) is 45.6 Å². The summed E-state index contributed by atoms with van der Waals surface area (Å²) < 4.78 is 0. The smallest absolute Gasteiger partial charge is 0.0431 e. The highest BCUT2D eigenvalue weighted by atomic mass is 32.2. The van der Waals surface area contributed by atoms with Crippen LogP contribution in [0, 0.1) is 5.41 Å². The Labute approximate surface area is 98.2 Å². The lowest BCUT2D eigenvalue weighted by Gasteiger charge is -2.30. The van der Waals surface area contributed by atoms with E-state index in [2.05, 4.69) is 30.9 Å². The Morgan fingerprint density at radius 3 is 2.87 bits per heavy atom. The summed E-state index contributed by atoms with van der Waals surface area (Å²) in [6, 6.07) is 0.720. The average Bonchev–Trinajstić information content (AvgIpc) is 2.25. The third-order valence-corrected chi connectivity index (χ3v) is 4.26. The molecular formula is C12H25NOS. The first-order valence-electron chi connectivity index (χ1n) is 6.06. The van der Waals surface area contributed by atoms with Gasteiger partial charge in [-0.15, -0.1) is 0 Å². The summed E-state index contributed by atoms with van der Waals surface area (Å²) in [5, 5.41) is 12.5. The van der Waals surface area contributed by atoms with Gasteiger partial charge in [0.2, 0.25) is 0 Å². The molecule has 0 aromatic heterocycles. The molecule has 0 aromatic rings. The highest BCUT2D eigenvalue weighted by Crippen LogP contribution is 2.23. The average molecular weight is 231 g/mol. The summed E-state index contributed by atoms with van der Waals surface area (Å²) in [6.45, 7) is 5.97. The van der Waals surface area contributed by atoms with Crippen LogP contribution < -0.4 is 5.32 Å². The van der Waals surface area contributed by atoms with Crippen molar-refractivity contribution in [1.29, 1.82) is 0 Å². The molecule has 0 aromatic carbocycles. The third kappa shape index (κ3) is 5.79. The van der Waals surface area contributed by atoms with Gasteiger partial charge < -0.3 is 10.4 Å². The molecule has 90 valence electrons. The standard InChI is InChI=1S/C12H25NOS/c1-12(2,6-4-7-14)10-13-11-5-3-8-15-9-11/h11,13-14H,3-10H2,1-2H3. The van der Waals surface area contributed by atoms with Crippen molar-refractivity contribution in [3.8, 4) is 0 Å². The minimum Gasteiger partial charge on any atom is -0.396 e. The minimum absolute atomic E-state index is 0.322. The fourth-order valence-electron chi connectivity index (χ4n) is 1.97. The molecule has 1 fully saturated rings. The van der Waals surface area contributed by atoms with Crippen LogP contribution in [0.25, 0.3) is 0 Å². The molecule has 2 nitrogen and oxygen atoms in total. The second kappa shape index (κ2) is 6.77.